The SMILES string of the molecule is CCOc1ccc(C(=O)Nc2c(C)cc(Br)cc2C)cc1Cl. The highest BCUT2D eigenvalue weighted by molar-refractivity contribution is 9.10. The fourth-order valence-electron chi connectivity index (χ4n) is 2.21. The molecule has 0 bridgehead atoms. The maximum Gasteiger partial charge on any atom is 0.255 e. The Hall–Kier alpha value is -1.52. The largest absolute Gasteiger partial charge is 0.492 e. The highest BCUT2D eigenvalue weighted by Crippen LogP contribution is 2.28. The number of halogens is 2. The molecule has 0 saturated heterocycles. The Morgan fingerprint density at radius 1 is 1.23 bits per heavy atom. The molecule has 0 aliphatic rings. The van der Waals surface area contributed by atoms with Crippen molar-refractivity contribution in [3.05, 3.63) is 56.5 Å². The highest BCUT2D eigenvalue weighted by atomic mass is 79.9. The lowest BCUT2D eigenvalue weighted by Crippen LogP contribution is -2.14. The topological polar surface area (TPSA) is 38.3 Å². The van der Waals surface area contributed by atoms with Crippen LogP contribution in [-0.4, -0.2) is 12.5 Å². The maximum atomic E-state index is 12.4. The van der Waals surface area contributed by atoms with E-state index >= 15 is 0 Å². The van der Waals surface area contributed by atoms with Crippen LogP contribution in [0.4, 0.5) is 5.69 Å². The van der Waals surface area contributed by atoms with Gasteiger partial charge in [-0.25, -0.2) is 0 Å². The lowest BCUT2D eigenvalue weighted by atomic mass is 10.1. The lowest BCUT2D eigenvalue weighted by molar-refractivity contribution is 0.102. The van der Waals surface area contributed by atoms with E-state index in [2.05, 4.69) is 21.2 Å². The van der Waals surface area contributed by atoms with Gasteiger partial charge in [-0.05, 0) is 62.2 Å². The first-order valence-corrected chi connectivity index (χ1v) is 8.10. The minimum atomic E-state index is -0.196. The predicted molar refractivity (Wildman–Crippen MR) is 94.2 cm³/mol. The van der Waals surface area contributed by atoms with E-state index in [1.165, 1.54) is 0 Å². The van der Waals surface area contributed by atoms with Crippen LogP contribution < -0.4 is 10.1 Å². The zero-order valence-electron chi connectivity index (χ0n) is 12.7. The van der Waals surface area contributed by atoms with Gasteiger partial charge in [0.2, 0.25) is 0 Å². The Labute approximate surface area is 143 Å². The Kier molecular flexibility index (Phi) is 5.48. The van der Waals surface area contributed by atoms with E-state index < -0.39 is 0 Å². The highest BCUT2D eigenvalue weighted by Gasteiger charge is 2.12. The molecule has 0 heterocycles. The molecule has 2 rings (SSSR count). The van der Waals surface area contributed by atoms with Gasteiger partial charge in [-0.3, -0.25) is 4.79 Å². The van der Waals surface area contributed by atoms with Gasteiger partial charge in [0.15, 0.2) is 0 Å². The molecule has 0 atom stereocenters. The first kappa shape index (κ1) is 16.8. The van der Waals surface area contributed by atoms with Gasteiger partial charge >= 0.3 is 0 Å². The fraction of sp³-hybridized carbons (Fsp3) is 0.235. The van der Waals surface area contributed by atoms with Crippen LogP contribution in [0.5, 0.6) is 5.75 Å². The molecule has 1 N–H and O–H groups in total. The molecule has 1 amide bonds. The minimum absolute atomic E-state index is 0.196. The molecule has 3 nitrogen and oxygen atoms in total. The summed E-state index contributed by atoms with van der Waals surface area (Å²) >= 11 is 9.57. The standard InChI is InChI=1S/C17H17BrClNO2/c1-4-22-15-6-5-12(9-14(15)19)17(21)20-16-10(2)7-13(18)8-11(16)3/h5-9H,4H2,1-3H3,(H,20,21). The van der Waals surface area contributed by atoms with Crippen LogP contribution in [0, 0.1) is 13.8 Å². The molecule has 116 valence electrons. The number of hydrogen-bond acceptors (Lipinski definition) is 2. The second kappa shape index (κ2) is 7.16. The predicted octanol–water partition coefficient (Wildman–Crippen LogP) is 5.37. The van der Waals surface area contributed by atoms with Gasteiger partial charge in [0, 0.05) is 15.7 Å². The number of carbonyl (C=O) groups excluding carboxylic acids is 1. The summed E-state index contributed by atoms with van der Waals surface area (Å²) in [5.41, 5.74) is 3.31. The summed E-state index contributed by atoms with van der Waals surface area (Å²) < 4.78 is 6.36. The van der Waals surface area contributed by atoms with Crippen molar-refractivity contribution in [3.63, 3.8) is 0 Å². The molecule has 2 aromatic carbocycles. The third kappa shape index (κ3) is 3.81. The average Bonchev–Trinajstić information content (AvgIpc) is 2.45. The van der Waals surface area contributed by atoms with Gasteiger partial charge in [0.25, 0.3) is 5.91 Å². The van der Waals surface area contributed by atoms with E-state index in [-0.39, 0.29) is 5.91 Å². The molecule has 0 unspecified atom stereocenters. The summed E-state index contributed by atoms with van der Waals surface area (Å²) in [6, 6.07) is 8.96. The van der Waals surface area contributed by atoms with E-state index in [0.29, 0.717) is 22.9 Å². The summed E-state index contributed by atoms with van der Waals surface area (Å²) in [4.78, 5) is 12.4. The molecule has 0 saturated carbocycles. The smallest absolute Gasteiger partial charge is 0.255 e. The zero-order chi connectivity index (χ0) is 16.3. The van der Waals surface area contributed by atoms with Crippen LogP contribution in [0.1, 0.15) is 28.4 Å². The van der Waals surface area contributed by atoms with E-state index in [9.17, 15) is 4.79 Å². The van der Waals surface area contributed by atoms with Gasteiger partial charge in [-0.1, -0.05) is 27.5 Å². The third-order valence-corrected chi connectivity index (χ3v) is 3.98. The van der Waals surface area contributed by atoms with Gasteiger partial charge in [0.1, 0.15) is 5.75 Å². The van der Waals surface area contributed by atoms with Gasteiger partial charge < -0.3 is 10.1 Å². The van der Waals surface area contributed by atoms with E-state index in [4.69, 9.17) is 16.3 Å². The van der Waals surface area contributed by atoms with Crippen LogP contribution >= 0.6 is 27.5 Å². The lowest BCUT2D eigenvalue weighted by Gasteiger charge is -2.13. The Bertz CT molecular complexity index is 693. The number of aryl methyl sites for hydroxylation is 2. The number of benzene rings is 2. The maximum absolute atomic E-state index is 12.4. The number of ether oxygens (including phenoxy) is 1. The van der Waals surface area contributed by atoms with Crippen molar-refractivity contribution in [2.24, 2.45) is 0 Å². The molecule has 0 spiro atoms. The number of hydrogen-bond donors (Lipinski definition) is 1. The van der Waals surface area contributed by atoms with Crippen molar-refractivity contribution in [2.45, 2.75) is 20.8 Å². The van der Waals surface area contributed by atoms with Crippen molar-refractivity contribution in [1.29, 1.82) is 0 Å². The molecule has 0 aromatic heterocycles. The van der Waals surface area contributed by atoms with Gasteiger partial charge in [-0.15, -0.1) is 0 Å². The number of amides is 1. The van der Waals surface area contributed by atoms with Crippen molar-refractivity contribution in [3.8, 4) is 5.75 Å². The second-order valence-electron chi connectivity index (χ2n) is 4.95. The monoisotopic (exact) mass is 381 g/mol. The summed E-state index contributed by atoms with van der Waals surface area (Å²) in [5.74, 6) is 0.384. The van der Waals surface area contributed by atoms with Crippen molar-refractivity contribution >= 4 is 39.1 Å². The molecule has 22 heavy (non-hydrogen) atoms. The zero-order valence-corrected chi connectivity index (χ0v) is 15.0. The van der Waals surface area contributed by atoms with Crippen LogP contribution in [0.25, 0.3) is 0 Å². The number of rotatable bonds is 4. The molecule has 0 radical (unpaired) electrons. The van der Waals surface area contributed by atoms with Crippen LogP contribution in [0.3, 0.4) is 0 Å². The molecule has 2 aromatic rings. The minimum Gasteiger partial charge on any atom is -0.492 e. The first-order chi connectivity index (χ1) is 10.4. The van der Waals surface area contributed by atoms with E-state index in [0.717, 1.165) is 21.3 Å². The second-order valence-corrected chi connectivity index (χ2v) is 6.27. The Morgan fingerprint density at radius 3 is 2.41 bits per heavy atom. The van der Waals surface area contributed by atoms with Crippen molar-refractivity contribution < 1.29 is 9.53 Å². The quantitative estimate of drug-likeness (QED) is 0.772. The number of carbonyl (C=O) groups is 1. The summed E-state index contributed by atoms with van der Waals surface area (Å²) in [7, 11) is 0. The van der Waals surface area contributed by atoms with Gasteiger partial charge in [-0.2, -0.15) is 0 Å². The van der Waals surface area contributed by atoms with Gasteiger partial charge in [0.05, 0.1) is 11.6 Å². The molecule has 5 heteroatoms. The summed E-state index contributed by atoms with van der Waals surface area (Å²) in [5, 5.41) is 3.37. The molecule has 0 aliphatic carbocycles. The molecular weight excluding hydrogens is 366 g/mol. The Balaban J connectivity index is 2.25. The third-order valence-electron chi connectivity index (χ3n) is 3.23. The Morgan fingerprint density at radius 2 is 1.86 bits per heavy atom. The van der Waals surface area contributed by atoms with Crippen molar-refractivity contribution in [2.75, 3.05) is 11.9 Å². The molecule has 0 fully saturated rings. The van der Waals surface area contributed by atoms with E-state index in [1.807, 2.05) is 32.9 Å². The number of anilines is 1. The van der Waals surface area contributed by atoms with Crippen molar-refractivity contribution in [1.82, 2.24) is 0 Å². The van der Waals surface area contributed by atoms with Crippen LogP contribution in [-0.2, 0) is 0 Å². The molecule has 0 aliphatic heterocycles. The average molecular weight is 383 g/mol. The number of nitrogens with one attached hydrogen (secondary N) is 1. The summed E-state index contributed by atoms with van der Waals surface area (Å²) in [6.07, 6.45) is 0. The summed E-state index contributed by atoms with van der Waals surface area (Å²) in [6.45, 7) is 6.33. The normalized spacial score (nSPS) is 10.4. The van der Waals surface area contributed by atoms with Crippen LogP contribution in [0.2, 0.25) is 5.02 Å². The first-order valence-electron chi connectivity index (χ1n) is 6.92. The van der Waals surface area contributed by atoms with E-state index in [1.54, 1.807) is 18.2 Å². The molecular formula is C17H17BrClNO2. The van der Waals surface area contributed by atoms with Crippen LogP contribution in [0.15, 0.2) is 34.8 Å². The fourth-order valence-corrected chi connectivity index (χ4v) is 3.13.